The van der Waals surface area contributed by atoms with Crippen LogP contribution in [0.4, 0.5) is 11.4 Å². The molecule has 0 bridgehead atoms. The number of benzene rings is 5. The molecule has 3 heterocycles. The summed E-state index contributed by atoms with van der Waals surface area (Å²) in [4.78, 5) is 2.50. The van der Waals surface area contributed by atoms with E-state index in [1.54, 1.807) is 0 Å². The molecule has 1 aliphatic heterocycles. The Bertz CT molecular complexity index is 2690. The minimum Gasteiger partial charge on any atom is -0.337 e. The van der Waals surface area contributed by atoms with Gasteiger partial charge in [0.25, 0.3) is 0 Å². The highest BCUT2D eigenvalue weighted by molar-refractivity contribution is 6.12. The zero-order valence-electron chi connectivity index (χ0n) is 30.4. The van der Waals surface area contributed by atoms with E-state index >= 15 is 0 Å². The van der Waals surface area contributed by atoms with Gasteiger partial charge in [0.1, 0.15) is 0 Å². The fourth-order valence-electron chi connectivity index (χ4n) is 8.87. The van der Waals surface area contributed by atoms with Crippen molar-refractivity contribution in [1.82, 2.24) is 9.13 Å². The van der Waals surface area contributed by atoms with Gasteiger partial charge in [0, 0.05) is 56.9 Å². The van der Waals surface area contributed by atoms with Gasteiger partial charge in [-0.15, -0.1) is 0 Å². The molecule has 0 amide bonds. The number of para-hydroxylation sites is 3. The molecule has 0 radical (unpaired) electrons. The molecule has 2 aromatic heterocycles. The van der Waals surface area contributed by atoms with Crippen LogP contribution >= 0.6 is 0 Å². The molecular formula is C49H43N3. The molecule has 2 aliphatic rings. The van der Waals surface area contributed by atoms with Crippen LogP contribution in [0.5, 0.6) is 0 Å². The fourth-order valence-corrected chi connectivity index (χ4v) is 8.87. The molecule has 0 saturated heterocycles. The maximum Gasteiger partial charge on any atom is 0.0542 e. The Labute approximate surface area is 306 Å². The Morgan fingerprint density at radius 2 is 1.48 bits per heavy atom. The van der Waals surface area contributed by atoms with E-state index in [1.165, 1.54) is 71.9 Å². The van der Waals surface area contributed by atoms with Crippen LogP contribution in [-0.4, -0.2) is 15.7 Å². The first kappa shape index (κ1) is 31.9. The largest absolute Gasteiger partial charge is 0.337 e. The molecular weight excluding hydrogens is 631 g/mol. The minimum absolute atomic E-state index is 0.164. The maximum atomic E-state index is 4.29. The average Bonchev–Trinajstić information content (AvgIpc) is 3.74. The van der Waals surface area contributed by atoms with Gasteiger partial charge in [-0.2, -0.15) is 0 Å². The molecule has 5 aromatic carbocycles. The van der Waals surface area contributed by atoms with E-state index in [9.17, 15) is 0 Å². The number of rotatable bonds is 5. The van der Waals surface area contributed by atoms with Gasteiger partial charge in [-0.3, -0.25) is 0 Å². The molecule has 0 N–H and O–H groups in total. The van der Waals surface area contributed by atoms with Gasteiger partial charge < -0.3 is 14.0 Å². The second-order valence-electron chi connectivity index (χ2n) is 14.5. The molecule has 0 spiro atoms. The monoisotopic (exact) mass is 673 g/mol. The number of anilines is 2. The van der Waals surface area contributed by atoms with E-state index in [4.69, 9.17) is 0 Å². The Kier molecular flexibility index (Phi) is 7.55. The van der Waals surface area contributed by atoms with E-state index in [2.05, 4.69) is 194 Å². The minimum atomic E-state index is -0.164. The lowest BCUT2D eigenvalue weighted by Crippen LogP contribution is -2.21. The van der Waals surface area contributed by atoms with Crippen molar-refractivity contribution in [1.29, 1.82) is 0 Å². The number of hydrogen-bond acceptors (Lipinski definition) is 1. The van der Waals surface area contributed by atoms with Crippen LogP contribution in [0.15, 0.2) is 146 Å². The van der Waals surface area contributed by atoms with E-state index in [0.717, 1.165) is 29.9 Å². The lowest BCUT2D eigenvalue weighted by atomic mass is 9.81. The van der Waals surface area contributed by atoms with E-state index in [0.29, 0.717) is 0 Å². The third-order valence-electron chi connectivity index (χ3n) is 11.2. The molecule has 1 aliphatic carbocycles. The summed E-state index contributed by atoms with van der Waals surface area (Å²) in [6.07, 6.45) is 16.5. The topological polar surface area (TPSA) is 13.1 Å². The van der Waals surface area contributed by atoms with Gasteiger partial charge in [0.15, 0.2) is 0 Å². The van der Waals surface area contributed by atoms with Crippen molar-refractivity contribution >= 4 is 68.0 Å². The zero-order chi connectivity index (χ0) is 35.6. The first-order valence-electron chi connectivity index (χ1n) is 18.4. The highest BCUT2D eigenvalue weighted by atomic mass is 15.1. The molecule has 9 rings (SSSR count). The number of aromatic nitrogens is 2. The van der Waals surface area contributed by atoms with Gasteiger partial charge in [-0.05, 0) is 109 Å². The van der Waals surface area contributed by atoms with E-state index in [1.807, 2.05) is 6.08 Å². The summed E-state index contributed by atoms with van der Waals surface area (Å²) in [5.74, 6) is 0. The Balaban J connectivity index is 1.22. The van der Waals surface area contributed by atoms with Crippen molar-refractivity contribution in [2.75, 3.05) is 11.4 Å². The summed E-state index contributed by atoms with van der Waals surface area (Å²) in [6.45, 7) is 14.0. The molecule has 254 valence electrons. The summed E-state index contributed by atoms with van der Waals surface area (Å²) in [6, 6.07) is 40.2. The van der Waals surface area contributed by atoms with Gasteiger partial charge in [0.05, 0.1) is 22.2 Å². The third-order valence-corrected chi connectivity index (χ3v) is 11.2. The molecule has 7 aromatic rings. The summed E-state index contributed by atoms with van der Waals surface area (Å²) < 4.78 is 4.71. The van der Waals surface area contributed by atoms with Gasteiger partial charge in [0.2, 0.25) is 0 Å². The first-order valence-corrected chi connectivity index (χ1v) is 18.4. The van der Waals surface area contributed by atoms with Crippen LogP contribution in [0.3, 0.4) is 0 Å². The lowest BCUT2D eigenvalue weighted by molar-refractivity contribution is 0.659. The van der Waals surface area contributed by atoms with Crippen LogP contribution in [0.2, 0.25) is 0 Å². The molecule has 3 heteroatoms. The second kappa shape index (κ2) is 12.3. The Morgan fingerprint density at radius 3 is 2.29 bits per heavy atom. The van der Waals surface area contributed by atoms with Crippen molar-refractivity contribution in [3.05, 3.63) is 174 Å². The first-order chi connectivity index (χ1) is 25.4. The summed E-state index contributed by atoms with van der Waals surface area (Å²) in [7, 11) is 0. The van der Waals surface area contributed by atoms with Crippen molar-refractivity contribution in [3.63, 3.8) is 0 Å². The highest BCUT2D eigenvalue weighted by Gasteiger charge is 2.39. The molecule has 52 heavy (non-hydrogen) atoms. The molecule has 0 fully saturated rings. The smallest absolute Gasteiger partial charge is 0.0542 e. The standard InChI is InChI=1S/C49H43N3/c1-6-16-46-36(8-3)40-30-35(24-26-47(40)52(46)34-18-10-9-11-19-34)50-29-27-42-37(25-23-33-17-12-14-21-44(33)50)39-31-41-38-20-13-15-22-45(38)51(28-7-2)48(41)32-43(39)49(42,4)5/h6-22,24-28,30-32H,3,23,29H2,1-2,4-5H3/b16-6-,28-7+,37-25-,42-27?. The average molecular weight is 674 g/mol. The van der Waals surface area contributed by atoms with E-state index in [-0.39, 0.29) is 5.41 Å². The van der Waals surface area contributed by atoms with Gasteiger partial charge in [-0.25, -0.2) is 0 Å². The van der Waals surface area contributed by atoms with Gasteiger partial charge in [-0.1, -0.05) is 105 Å². The van der Waals surface area contributed by atoms with Crippen LogP contribution < -0.4 is 4.90 Å². The van der Waals surface area contributed by atoms with Crippen molar-refractivity contribution < 1.29 is 0 Å². The molecule has 0 unspecified atom stereocenters. The lowest BCUT2D eigenvalue weighted by Gasteiger charge is -2.28. The maximum absolute atomic E-state index is 4.29. The van der Waals surface area contributed by atoms with Crippen molar-refractivity contribution in [2.24, 2.45) is 0 Å². The number of hydrogen-bond donors (Lipinski definition) is 0. The molecule has 0 atom stereocenters. The van der Waals surface area contributed by atoms with Crippen LogP contribution in [-0.2, 0) is 11.8 Å². The summed E-state index contributed by atoms with van der Waals surface area (Å²) >= 11 is 0. The quantitative estimate of drug-likeness (QED) is 0.177. The number of fused-ring (bicyclic) bond motifs is 8. The Morgan fingerprint density at radius 1 is 0.692 bits per heavy atom. The zero-order valence-corrected chi connectivity index (χ0v) is 30.4. The normalized spacial score (nSPS) is 16.4. The number of allylic oxidation sites excluding steroid dienone is 5. The predicted octanol–water partition coefficient (Wildman–Crippen LogP) is 12.9. The van der Waals surface area contributed by atoms with Crippen LogP contribution in [0, 0.1) is 0 Å². The van der Waals surface area contributed by atoms with Crippen LogP contribution in [0.25, 0.3) is 62.3 Å². The van der Waals surface area contributed by atoms with E-state index < -0.39 is 0 Å². The summed E-state index contributed by atoms with van der Waals surface area (Å²) in [5.41, 5.74) is 16.2. The second-order valence-corrected chi connectivity index (χ2v) is 14.5. The summed E-state index contributed by atoms with van der Waals surface area (Å²) in [5, 5.41) is 3.79. The van der Waals surface area contributed by atoms with Crippen molar-refractivity contribution in [2.45, 2.75) is 39.5 Å². The molecule has 3 nitrogen and oxygen atoms in total. The third kappa shape index (κ3) is 4.73. The fraction of sp³-hybridized carbons (Fsp3) is 0.143. The SMILES string of the molecule is C=Cc1c(/C=C\C)n(-c2ccccc2)c2ccc(N3CC=C4/C(=C\Cc5ccccc53)c3cc5c6ccccc6n(/C=C/C)c5cc3C4(C)C)cc12. The van der Waals surface area contributed by atoms with Crippen molar-refractivity contribution in [3.8, 4) is 5.69 Å². The number of nitrogens with zero attached hydrogens (tertiary/aromatic N) is 3. The highest BCUT2D eigenvalue weighted by Crippen LogP contribution is 2.52. The van der Waals surface area contributed by atoms with Crippen LogP contribution in [0.1, 0.15) is 55.6 Å². The molecule has 0 saturated carbocycles. The predicted molar refractivity (Wildman–Crippen MR) is 225 cm³/mol. The Hall–Kier alpha value is -6.06. The van der Waals surface area contributed by atoms with Gasteiger partial charge >= 0.3 is 0 Å².